The van der Waals surface area contributed by atoms with Crippen LogP contribution >= 0.6 is 0 Å². The second kappa shape index (κ2) is 7.04. The molecule has 0 aromatic heterocycles. The van der Waals surface area contributed by atoms with Crippen molar-refractivity contribution in [3.63, 3.8) is 0 Å². The van der Waals surface area contributed by atoms with E-state index in [1.54, 1.807) is 7.05 Å². The minimum Gasteiger partial charge on any atom is -0.468 e. The average Bonchev–Trinajstić information content (AvgIpc) is 2.38. The number of benzene rings is 1. The maximum Gasteiger partial charge on any atom is 0.325 e. The van der Waals surface area contributed by atoms with Gasteiger partial charge in [0.2, 0.25) is 0 Å². The molecule has 0 spiro atoms. The molecule has 4 nitrogen and oxygen atoms in total. The summed E-state index contributed by atoms with van der Waals surface area (Å²) in [6, 6.07) is 9.40. The molecule has 94 valence electrons. The minimum absolute atomic E-state index is 0.243. The summed E-state index contributed by atoms with van der Waals surface area (Å²) in [6.07, 6.45) is -0.243. The van der Waals surface area contributed by atoms with Gasteiger partial charge in [-0.25, -0.2) is 0 Å². The molecule has 1 aromatic carbocycles. The van der Waals surface area contributed by atoms with Crippen LogP contribution in [0.2, 0.25) is 0 Å². The van der Waals surface area contributed by atoms with Gasteiger partial charge in [-0.1, -0.05) is 30.3 Å². The number of nitrogens with one attached hydrogen (secondary N) is 1. The molecule has 0 saturated carbocycles. The molecule has 17 heavy (non-hydrogen) atoms. The Morgan fingerprint density at radius 2 is 2.00 bits per heavy atom. The molecule has 0 amide bonds. The van der Waals surface area contributed by atoms with Crippen LogP contribution in [-0.4, -0.2) is 32.3 Å². The van der Waals surface area contributed by atoms with E-state index in [1.807, 2.05) is 37.3 Å². The quantitative estimate of drug-likeness (QED) is 0.759. The zero-order valence-electron chi connectivity index (χ0n) is 10.5. The second-order valence-corrected chi connectivity index (χ2v) is 3.79. The molecule has 0 saturated heterocycles. The van der Waals surface area contributed by atoms with Gasteiger partial charge < -0.3 is 14.8 Å². The van der Waals surface area contributed by atoms with E-state index in [4.69, 9.17) is 9.47 Å². The van der Waals surface area contributed by atoms with E-state index in [0.717, 1.165) is 5.56 Å². The van der Waals surface area contributed by atoms with Crippen molar-refractivity contribution in [2.45, 2.75) is 25.7 Å². The van der Waals surface area contributed by atoms with Crippen molar-refractivity contribution in [3.8, 4) is 0 Å². The van der Waals surface area contributed by atoms with Gasteiger partial charge in [-0.15, -0.1) is 0 Å². The van der Waals surface area contributed by atoms with Crippen LogP contribution in [0.3, 0.4) is 0 Å². The fourth-order valence-electron chi connectivity index (χ4n) is 1.57. The third kappa shape index (κ3) is 4.17. The number of carbonyl (C=O) groups excluding carboxylic acids is 1. The Kier molecular flexibility index (Phi) is 5.66. The number of methoxy groups -OCH3 is 1. The third-order valence-electron chi connectivity index (χ3n) is 2.59. The zero-order chi connectivity index (χ0) is 12.7. The summed E-state index contributed by atoms with van der Waals surface area (Å²) in [7, 11) is 3.08. The van der Waals surface area contributed by atoms with E-state index in [0.29, 0.717) is 6.61 Å². The number of carbonyl (C=O) groups is 1. The summed E-state index contributed by atoms with van der Waals surface area (Å²) in [5, 5.41) is 2.89. The highest BCUT2D eigenvalue weighted by Crippen LogP contribution is 2.06. The van der Waals surface area contributed by atoms with E-state index in [1.165, 1.54) is 7.11 Å². The summed E-state index contributed by atoms with van der Waals surface area (Å²) in [5.74, 6) is -0.312. The van der Waals surface area contributed by atoms with Gasteiger partial charge in [0.15, 0.2) is 0 Å². The lowest BCUT2D eigenvalue weighted by atomic mass is 10.2. The molecule has 0 aliphatic carbocycles. The Hall–Kier alpha value is -1.39. The number of esters is 1. The van der Waals surface area contributed by atoms with Crippen molar-refractivity contribution in [1.29, 1.82) is 0 Å². The van der Waals surface area contributed by atoms with Crippen molar-refractivity contribution >= 4 is 5.97 Å². The summed E-state index contributed by atoms with van der Waals surface area (Å²) in [4.78, 5) is 11.4. The van der Waals surface area contributed by atoms with Crippen LogP contribution in [0, 0.1) is 0 Å². The Balaban J connectivity index is 2.48. The predicted molar refractivity (Wildman–Crippen MR) is 65.6 cm³/mol. The van der Waals surface area contributed by atoms with Crippen LogP contribution in [0.5, 0.6) is 0 Å². The number of rotatable bonds is 6. The Bertz CT molecular complexity index is 340. The number of ether oxygens (including phenoxy) is 2. The lowest BCUT2D eigenvalue weighted by Crippen LogP contribution is -2.44. The first kappa shape index (κ1) is 13.7. The molecule has 2 atom stereocenters. The van der Waals surface area contributed by atoms with Crippen LogP contribution < -0.4 is 5.32 Å². The van der Waals surface area contributed by atoms with Gasteiger partial charge in [-0.2, -0.15) is 0 Å². The SMILES string of the molecule is CN[C@H](C(=O)OC)[C@@H](C)OCc1ccccc1. The maximum absolute atomic E-state index is 11.4. The van der Waals surface area contributed by atoms with Gasteiger partial charge >= 0.3 is 5.97 Å². The van der Waals surface area contributed by atoms with Gasteiger partial charge in [-0.3, -0.25) is 4.79 Å². The Labute approximate surface area is 102 Å². The molecule has 0 aliphatic rings. The molecule has 0 heterocycles. The van der Waals surface area contributed by atoms with Crippen molar-refractivity contribution < 1.29 is 14.3 Å². The first-order valence-corrected chi connectivity index (χ1v) is 5.59. The highest BCUT2D eigenvalue weighted by atomic mass is 16.5. The van der Waals surface area contributed by atoms with Crippen LogP contribution in [0.25, 0.3) is 0 Å². The monoisotopic (exact) mass is 237 g/mol. The summed E-state index contributed by atoms with van der Waals surface area (Å²) in [6.45, 7) is 2.33. The van der Waals surface area contributed by atoms with Crippen molar-refractivity contribution in [2.24, 2.45) is 0 Å². The van der Waals surface area contributed by atoms with E-state index in [2.05, 4.69) is 5.32 Å². The smallest absolute Gasteiger partial charge is 0.325 e. The number of hydrogen-bond donors (Lipinski definition) is 1. The van der Waals surface area contributed by atoms with Gasteiger partial charge in [-0.05, 0) is 19.5 Å². The van der Waals surface area contributed by atoms with E-state index in [9.17, 15) is 4.79 Å². The Morgan fingerprint density at radius 1 is 1.35 bits per heavy atom. The zero-order valence-corrected chi connectivity index (χ0v) is 10.5. The molecule has 4 heteroatoms. The van der Waals surface area contributed by atoms with Crippen molar-refractivity contribution in [3.05, 3.63) is 35.9 Å². The maximum atomic E-state index is 11.4. The number of hydrogen-bond acceptors (Lipinski definition) is 4. The molecule has 0 fully saturated rings. The fourth-order valence-corrected chi connectivity index (χ4v) is 1.57. The first-order chi connectivity index (χ1) is 8.19. The second-order valence-electron chi connectivity index (χ2n) is 3.79. The first-order valence-electron chi connectivity index (χ1n) is 5.59. The van der Waals surface area contributed by atoms with E-state index < -0.39 is 6.04 Å². The normalized spacial score (nSPS) is 14.1. The molecule has 1 N–H and O–H groups in total. The van der Waals surface area contributed by atoms with E-state index >= 15 is 0 Å². The average molecular weight is 237 g/mol. The van der Waals surface area contributed by atoms with Crippen molar-refractivity contribution in [2.75, 3.05) is 14.2 Å². The lowest BCUT2D eigenvalue weighted by molar-refractivity contribution is -0.147. The third-order valence-corrected chi connectivity index (χ3v) is 2.59. The predicted octanol–water partition coefficient (Wildman–Crippen LogP) is 1.35. The molecule has 0 radical (unpaired) electrons. The minimum atomic E-state index is -0.441. The van der Waals surface area contributed by atoms with Crippen LogP contribution in [0.4, 0.5) is 0 Å². The molecule has 1 aromatic rings. The Morgan fingerprint density at radius 3 is 2.53 bits per heavy atom. The van der Waals surface area contributed by atoms with Crippen LogP contribution in [0.1, 0.15) is 12.5 Å². The standard InChI is InChI=1S/C13H19NO3/c1-10(12(14-2)13(15)16-3)17-9-11-7-5-4-6-8-11/h4-8,10,12,14H,9H2,1-3H3/t10-,12+/m1/s1. The van der Waals surface area contributed by atoms with Crippen LogP contribution in [0.15, 0.2) is 30.3 Å². The fraction of sp³-hybridized carbons (Fsp3) is 0.462. The topological polar surface area (TPSA) is 47.6 Å². The highest BCUT2D eigenvalue weighted by Gasteiger charge is 2.24. The van der Waals surface area contributed by atoms with Gasteiger partial charge in [0.05, 0.1) is 19.8 Å². The van der Waals surface area contributed by atoms with Crippen molar-refractivity contribution in [1.82, 2.24) is 5.32 Å². The molecule has 0 unspecified atom stereocenters. The largest absolute Gasteiger partial charge is 0.468 e. The molecule has 0 aliphatic heterocycles. The van der Waals surface area contributed by atoms with Gasteiger partial charge in [0, 0.05) is 0 Å². The van der Waals surface area contributed by atoms with Gasteiger partial charge in [0.1, 0.15) is 6.04 Å². The van der Waals surface area contributed by atoms with Gasteiger partial charge in [0.25, 0.3) is 0 Å². The highest BCUT2D eigenvalue weighted by molar-refractivity contribution is 5.76. The molecule has 0 bridgehead atoms. The summed E-state index contributed by atoms with van der Waals surface area (Å²) < 4.78 is 10.3. The summed E-state index contributed by atoms with van der Waals surface area (Å²) >= 11 is 0. The molecular weight excluding hydrogens is 218 g/mol. The molecular formula is C13H19NO3. The summed E-state index contributed by atoms with van der Waals surface area (Å²) in [5.41, 5.74) is 1.08. The van der Waals surface area contributed by atoms with Crippen LogP contribution in [-0.2, 0) is 20.9 Å². The van der Waals surface area contributed by atoms with E-state index in [-0.39, 0.29) is 12.1 Å². The number of likely N-dealkylation sites (N-methyl/N-ethyl adjacent to an activating group) is 1. The lowest BCUT2D eigenvalue weighted by Gasteiger charge is -2.21. The molecule has 1 rings (SSSR count).